The fourth-order valence-electron chi connectivity index (χ4n) is 1.85. The molecule has 21 heavy (non-hydrogen) atoms. The first kappa shape index (κ1) is 17.8. The minimum Gasteiger partial charge on any atom is -0.355 e. The summed E-state index contributed by atoms with van der Waals surface area (Å²) in [5, 5.41) is 8.81. The Hall–Kier alpha value is -1.30. The van der Waals surface area contributed by atoms with E-state index in [2.05, 4.69) is 16.0 Å². The van der Waals surface area contributed by atoms with Gasteiger partial charge in [0.15, 0.2) is 0 Å². The Morgan fingerprint density at radius 3 is 2.67 bits per heavy atom. The van der Waals surface area contributed by atoms with Crippen molar-refractivity contribution >= 4 is 41.5 Å². The Labute approximate surface area is 135 Å². The summed E-state index contributed by atoms with van der Waals surface area (Å²) in [5.74, 6) is 0.270. The van der Waals surface area contributed by atoms with Gasteiger partial charge >= 0.3 is 0 Å². The fourth-order valence-corrected chi connectivity index (χ4v) is 2.03. The van der Waals surface area contributed by atoms with Gasteiger partial charge in [0.25, 0.3) is 5.91 Å². The largest absolute Gasteiger partial charge is 0.355 e. The molecule has 1 aliphatic carbocycles. The van der Waals surface area contributed by atoms with E-state index in [4.69, 9.17) is 11.6 Å². The van der Waals surface area contributed by atoms with Crippen molar-refractivity contribution < 1.29 is 9.59 Å². The molecule has 0 unspecified atom stereocenters. The molecule has 1 fully saturated rings. The highest BCUT2D eigenvalue weighted by Crippen LogP contribution is 2.27. The second kappa shape index (κ2) is 8.22. The lowest BCUT2D eigenvalue weighted by Crippen LogP contribution is -2.30. The van der Waals surface area contributed by atoms with Crippen LogP contribution in [0.4, 0.5) is 5.69 Å². The average Bonchev–Trinajstić information content (AvgIpc) is 3.24. The van der Waals surface area contributed by atoms with E-state index < -0.39 is 0 Å². The van der Waals surface area contributed by atoms with Crippen LogP contribution in [0, 0.1) is 5.92 Å². The van der Waals surface area contributed by atoms with Crippen molar-refractivity contribution in [3.8, 4) is 0 Å². The molecule has 1 aromatic rings. The Morgan fingerprint density at radius 1 is 1.33 bits per heavy atom. The van der Waals surface area contributed by atoms with Crippen LogP contribution in [-0.2, 0) is 4.79 Å². The zero-order valence-electron chi connectivity index (χ0n) is 11.7. The third-order valence-electron chi connectivity index (χ3n) is 3.14. The van der Waals surface area contributed by atoms with Crippen LogP contribution in [0.3, 0.4) is 0 Å². The van der Waals surface area contributed by atoms with E-state index >= 15 is 0 Å². The zero-order chi connectivity index (χ0) is 14.5. The Kier molecular flexibility index (Phi) is 6.95. The molecule has 5 nitrogen and oxygen atoms in total. The van der Waals surface area contributed by atoms with Gasteiger partial charge in [-0.3, -0.25) is 9.59 Å². The Morgan fingerprint density at radius 2 is 2.05 bits per heavy atom. The molecule has 0 aromatic heterocycles. The third-order valence-corrected chi connectivity index (χ3v) is 3.38. The van der Waals surface area contributed by atoms with Crippen molar-refractivity contribution in [2.75, 3.05) is 25.5 Å². The third kappa shape index (κ3) is 5.53. The van der Waals surface area contributed by atoms with Crippen molar-refractivity contribution in [1.29, 1.82) is 0 Å². The summed E-state index contributed by atoms with van der Waals surface area (Å²) in [4.78, 5) is 23.6. The minimum absolute atomic E-state index is 0. The number of halogens is 2. The number of rotatable bonds is 6. The second-order valence-corrected chi connectivity index (χ2v) is 5.33. The summed E-state index contributed by atoms with van der Waals surface area (Å²) in [7, 11) is 1.53. The monoisotopic (exact) mass is 331 g/mol. The number of hydrogen-bond acceptors (Lipinski definition) is 3. The normalized spacial score (nSPS) is 13.2. The van der Waals surface area contributed by atoms with Crippen molar-refractivity contribution in [1.82, 2.24) is 10.6 Å². The molecule has 1 aromatic carbocycles. The molecule has 0 bridgehead atoms. The lowest BCUT2D eigenvalue weighted by molar-refractivity contribution is -0.115. The van der Waals surface area contributed by atoms with Gasteiger partial charge in [-0.05, 0) is 43.5 Å². The molecular formula is C14H19Cl2N3O2. The van der Waals surface area contributed by atoms with Gasteiger partial charge in [0.2, 0.25) is 5.91 Å². The fraction of sp³-hybridized carbons (Fsp3) is 0.429. The molecule has 0 radical (unpaired) electrons. The van der Waals surface area contributed by atoms with Gasteiger partial charge in [-0.2, -0.15) is 0 Å². The van der Waals surface area contributed by atoms with E-state index in [9.17, 15) is 9.59 Å². The highest BCUT2D eigenvalue weighted by molar-refractivity contribution is 6.31. The van der Waals surface area contributed by atoms with Crippen LogP contribution < -0.4 is 16.0 Å². The standard InChI is InChI=1S/C14H18ClN3O2.ClH/c1-16-14(20)11-6-10(15)4-5-12(11)18-13(19)8-17-7-9-2-3-9;/h4-6,9,17H,2-3,7-8H2,1H3,(H,16,20)(H,18,19);1H. The number of nitrogens with one attached hydrogen (secondary N) is 3. The highest BCUT2D eigenvalue weighted by Gasteiger charge is 2.20. The number of carbonyl (C=O) groups excluding carboxylic acids is 2. The van der Waals surface area contributed by atoms with Crippen LogP contribution in [0.5, 0.6) is 0 Å². The van der Waals surface area contributed by atoms with Gasteiger partial charge in [0.1, 0.15) is 0 Å². The first-order chi connectivity index (χ1) is 9.60. The SMILES string of the molecule is CNC(=O)c1cc(Cl)ccc1NC(=O)CNCC1CC1.Cl. The van der Waals surface area contributed by atoms with Crippen LogP contribution in [0.2, 0.25) is 5.02 Å². The van der Waals surface area contributed by atoms with Crippen molar-refractivity contribution in [2.24, 2.45) is 5.92 Å². The van der Waals surface area contributed by atoms with Crippen molar-refractivity contribution in [2.45, 2.75) is 12.8 Å². The molecule has 2 rings (SSSR count). The molecule has 116 valence electrons. The van der Waals surface area contributed by atoms with Gasteiger partial charge in [-0.1, -0.05) is 11.6 Å². The van der Waals surface area contributed by atoms with Gasteiger partial charge in [-0.15, -0.1) is 12.4 Å². The van der Waals surface area contributed by atoms with Crippen LogP contribution in [0.25, 0.3) is 0 Å². The van der Waals surface area contributed by atoms with Crippen LogP contribution >= 0.6 is 24.0 Å². The highest BCUT2D eigenvalue weighted by atomic mass is 35.5. The summed E-state index contributed by atoms with van der Waals surface area (Å²) in [6, 6.07) is 4.81. The van der Waals surface area contributed by atoms with Gasteiger partial charge in [0.05, 0.1) is 17.8 Å². The average molecular weight is 332 g/mol. The second-order valence-electron chi connectivity index (χ2n) is 4.89. The summed E-state index contributed by atoms with van der Waals surface area (Å²) in [6.07, 6.45) is 2.49. The van der Waals surface area contributed by atoms with Gasteiger partial charge < -0.3 is 16.0 Å². The minimum atomic E-state index is -0.284. The summed E-state index contributed by atoms with van der Waals surface area (Å²) in [5.41, 5.74) is 0.822. The van der Waals surface area contributed by atoms with Gasteiger partial charge in [-0.25, -0.2) is 0 Å². The molecule has 0 heterocycles. The Bertz CT molecular complexity index is 519. The van der Waals surface area contributed by atoms with Crippen LogP contribution in [-0.4, -0.2) is 32.0 Å². The topological polar surface area (TPSA) is 70.2 Å². The summed E-state index contributed by atoms with van der Waals surface area (Å²) < 4.78 is 0. The van der Waals surface area contributed by atoms with E-state index in [1.807, 2.05) is 0 Å². The molecule has 3 N–H and O–H groups in total. The molecule has 7 heteroatoms. The summed E-state index contributed by atoms with van der Waals surface area (Å²) in [6.45, 7) is 1.11. The number of hydrogen-bond donors (Lipinski definition) is 3. The smallest absolute Gasteiger partial charge is 0.253 e. The van der Waals surface area contributed by atoms with Crippen LogP contribution in [0.15, 0.2) is 18.2 Å². The predicted molar refractivity (Wildman–Crippen MR) is 86.3 cm³/mol. The number of benzene rings is 1. The lowest BCUT2D eigenvalue weighted by atomic mass is 10.1. The zero-order valence-corrected chi connectivity index (χ0v) is 13.3. The number of carbonyl (C=O) groups is 2. The molecule has 0 saturated heterocycles. The Balaban J connectivity index is 0.00000220. The van der Waals surface area contributed by atoms with Crippen LogP contribution in [0.1, 0.15) is 23.2 Å². The molecule has 1 saturated carbocycles. The lowest BCUT2D eigenvalue weighted by Gasteiger charge is -2.11. The first-order valence-corrected chi connectivity index (χ1v) is 7.00. The predicted octanol–water partition coefficient (Wildman–Crippen LogP) is 2.06. The molecule has 1 aliphatic rings. The van der Waals surface area contributed by atoms with E-state index in [1.165, 1.54) is 26.0 Å². The van der Waals surface area contributed by atoms with E-state index in [0.29, 0.717) is 16.3 Å². The maximum atomic E-state index is 11.8. The number of anilines is 1. The van der Waals surface area contributed by atoms with E-state index in [1.54, 1.807) is 12.1 Å². The molecule has 0 atom stereocenters. The molecular weight excluding hydrogens is 313 g/mol. The first-order valence-electron chi connectivity index (χ1n) is 6.62. The number of amides is 2. The van der Waals surface area contributed by atoms with E-state index in [-0.39, 0.29) is 30.8 Å². The molecule has 2 amide bonds. The summed E-state index contributed by atoms with van der Waals surface area (Å²) >= 11 is 5.87. The van der Waals surface area contributed by atoms with Crippen molar-refractivity contribution in [3.63, 3.8) is 0 Å². The quantitative estimate of drug-likeness (QED) is 0.747. The van der Waals surface area contributed by atoms with Gasteiger partial charge in [0, 0.05) is 12.1 Å². The molecule has 0 spiro atoms. The maximum Gasteiger partial charge on any atom is 0.253 e. The maximum absolute atomic E-state index is 11.8. The van der Waals surface area contributed by atoms with E-state index in [0.717, 1.165) is 12.5 Å². The molecule has 0 aliphatic heterocycles. The van der Waals surface area contributed by atoms with Crippen molar-refractivity contribution in [3.05, 3.63) is 28.8 Å².